The van der Waals surface area contributed by atoms with Crippen LogP contribution in [0.1, 0.15) is 10.4 Å². The Labute approximate surface area is 170 Å². The third-order valence-electron chi connectivity index (χ3n) is 4.78. The number of aromatic nitrogens is 1. The van der Waals surface area contributed by atoms with Crippen LogP contribution in [0, 0.1) is 11.6 Å². The monoisotopic (exact) mass is 405 g/mol. The Bertz CT molecular complexity index is 1270. The maximum absolute atomic E-state index is 14.1. The van der Waals surface area contributed by atoms with E-state index in [1.165, 1.54) is 0 Å². The Balaban J connectivity index is 1.69. The van der Waals surface area contributed by atoms with Gasteiger partial charge in [0.2, 0.25) is 5.91 Å². The van der Waals surface area contributed by atoms with Gasteiger partial charge in [-0.15, -0.1) is 0 Å². The van der Waals surface area contributed by atoms with Gasteiger partial charge < -0.3 is 15.6 Å². The number of carbonyl (C=O) groups is 2. The summed E-state index contributed by atoms with van der Waals surface area (Å²) in [5.41, 5.74) is 6.88. The number of nitrogens with two attached hydrogens (primary N) is 1. The Kier molecular flexibility index (Phi) is 5.02. The molecule has 3 N–H and O–H groups in total. The van der Waals surface area contributed by atoms with Gasteiger partial charge in [0.1, 0.15) is 18.2 Å². The van der Waals surface area contributed by atoms with E-state index in [1.807, 2.05) is 65.2 Å². The first kappa shape index (κ1) is 19.3. The minimum Gasteiger partial charge on any atom is -0.366 e. The number of anilines is 1. The summed E-state index contributed by atoms with van der Waals surface area (Å²) < 4.78 is 29.6. The maximum Gasteiger partial charge on any atom is 0.251 e. The average Bonchev–Trinajstić information content (AvgIpc) is 3.09. The lowest BCUT2D eigenvalue weighted by atomic mass is 10.1. The summed E-state index contributed by atoms with van der Waals surface area (Å²) >= 11 is 0. The fourth-order valence-electron chi connectivity index (χ4n) is 3.40. The number of rotatable bonds is 5. The Morgan fingerprint density at radius 1 is 0.900 bits per heavy atom. The van der Waals surface area contributed by atoms with E-state index in [4.69, 9.17) is 5.73 Å². The highest BCUT2D eigenvalue weighted by atomic mass is 19.1. The molecule has 0 spiro atoms. The first-order chi connectivity index (χ1) is 14.4. The van der Waals surface area contributed by atoms with E-state index < -0.39 is 29.0 Å². The molecule has 0 radical (unpaired) electrons. The summed E-state index contributed by atoms with van der Waals surface area (Å²) in [7, 11) is 0. The molecule has 0 bridgehead atoms. The molecule has 0 saturated heterocycles. The molecule has 0 unspecified atom stereocenters. The van der Waals surface area contributed by atoms with Crippen LogP contribution in [0.5, 0.6) is 0 Å². The van der Waals surface area contributed by atoms with Crippen LogP contribution in [0.15, 0.2) is 72.8 Å². The molecule has 7 heteroatoms. The second kappa shape index (κ2) is 7.79. The lowest BCUT2D eigenvalue weighted by molar-refractivity contribution is -0.116. The molecule has 30 heavy (non-hydrogen) atoms. The van der Waals surface area contributed by atoms with Crippen molar-refractivity contribution >= 4 is 28.4 Å². The summed E-state index contributed by atoms with van der Waals surface area (Å²) in [4.78, 5) is 24.0. The van der Waals surface area contributed by atoms with Gasteiger partial charge in [0.25, 0.3) is 5.91 Å². The van der Waals surface area contributed by atoms with Crippen molar-refractivity contribution in [1.82, 2.24) is 4.57 Å². The lowest BCUT2D eigenvalue weighted by Crippen LogP contribution is -2.21. The van der Waals surface area contributed by atoms with Gasteiger partial charge in [-0.2, -0.15) is 0 Å². The summed E-state index contributed by atoms with van der Waals surface area (Å²) in [6, 6.07) is 20.6. The molecule has 0 aliphatic carbocycles. The van der Waals surface area contributed by atoms with E-state index in [2.05, 4.69) is 5.32 Å². The second-order valence-corrected chi connectivity index (χ2v) is 6.76. The predicted molar refractivity (Wildman–Crippen MR) is 111 cm³/mol. The minimum absolute atomic E-state index is 0.111. The molecule has 1 aromatic heterocycles. The lowest BCUT2D eigenvalue weighted by Gasteiger charge is -2.13. The minimum atomic E-state index is -1.08. The van der Waals surface area contributed by atoms with Crippen LogP contribution in [-0.4, -0.2) is 16.4 Å². The molecule has 0 aliphatic rings. The van der Waals surface area contributed by atoms with Crippen molar-refractivity contribution in [3.8, 4) is 11.3 Å². The number of halogens is 2. The quantitative estimate of drug-likeness (QED) is 0.519. The van der Waals surface area contributed by atoms with Gasteiger partial charge in [-0.25, -0.2) is 8.78 Å². The molecule has 0 fully saturated rings. The van der Waals surface area contributed by atoms with E-state index in [1.54, 1.807) is 0 Å². The number of fused-ring (bicyclic) bond motifs is 1. The zero-order valence-corrected chi connectivity index (χ0v) is 15.7. The summed E-state index contributed by atoms with van der Waals surface area (Å²) in [5, 5.41) is 3.36. The van der Waals surface area contributed by atoms with Crippen LogP contribution in [-0.2, 0) is 11.3 Å². The number of primary amides is 1. The summed E-state index contributed by atoms with van der Waals surface area (Å²) in [5.74, 6) is -3.66. The molecule has 4 rings (SSSR count). The largest absolute Gasteiger partial charge is 0.366 e. The summed E-state index contributed by atoms with van der Waals surface area (Å²) in [6.45, 7) is -0.111. The van der Waals surface area contributed by atoms with Gasteiger partial charge in [0.05, 0.1) is 11.3 Å². The topological polar surface area (TPSA) is 77.1 Å². The molecule has 0 atom stereocenters. The summed E-state index contributed by atoms with van der Waals surface area (Å²) in [6.07, 6.45) is 0. The number of nitrogens with one attached hydrogen (secondary N) is 1. The van der Waals surface area contributed by atoms with Gasteiger partial charge in [-0.3, -0.25) is 9.59 Å². The van der Waals surface area contributed by atoms with E-state index in [0.29, 0.717) is 6.07 Å². The zero-order valence-electron chi connectivity index (χ0n) is 15.7. The number of carbonyl (C=O) groups excluding carboxylic acids is 2. The van der Waals surface area contributed by atoms with Crippen molar-refractivity contribution in [3.05, 3.63) is 90.0 Å². The molecule has 4 aromatic rings. The van der Waals surface area contributed by atoms with Gasteiger partial charge in [0.15, 0.2) is 0 Å². The average molecular weight is 405 g/mol. The molecule has 1 heterocycles. The molecule has 150 valence electrons. The Hall–Kier alpha value is -4.00. The van der Waals surface area contributed by atoms with E-state index >= 15 is 0 Å². The molecule has 3 aromatic carbocycles. The maximum atomic E-state index is 14.1. The van der Waals surface area contributed by atoms with Gasteiger partial charge in [0, 0.05) is 22.7 Å². The number of benzene rings is 3. The van der Waals surface area contributed by atoms with Crippen molar-refractivity contribution in [2.75, 3.05) is 5.32 Å². The first-order valence-electron chi connectivity index (χ1n) is 9.16. The zero-order chi connectivity index (χ0) is 21.3. The van der Waals surface area contributed by atoms with Crippen molar-refractivity contribution in [2.24, 2.45) is 5.73 Å². The molecule has 0 aliphatic heterocycles. The highest BCUT2D eigenvalue weighted by molar-refractivity contribution is 5.97. The van der Waals surface area contributed by atoms with Crippen molar-refractivity contribution < 1.29 is 18.4 Å². The number of amides is 2. The van der Waals surface area contributed by atoms with Gasteiger partial charge in [-0.05, 0) is 23.8 Å². The molecule has 0 saturated carbocycles. The van der Waals surface area contributed by atoms with Crippen LogP contribution in [0.3, 0.4) is 0 Å². The van der Waals surface area contributed by atoms with Crippen LogP contribution < -0.4 is 11.1 Å². The standard InChI is InChI=1S/C23H17F2N3O2/c24-17-12-18(25)19(11-16(17)23(26)30)27-22(29)13-28-20-9-5-4-8-15(20)10-21(28)14-6-2-1-3-7-14/h1-12H,13H2,(H2,26,30)(H,27,29). The highest BCUT2D eigenvalue weighted by Gasteiger charge is 2.17. The normalized spacial score (nSPS) is 10.9. The first-order valence-corrected chi connectivity index (χ1v) is 9.16. The number of hydrogen-bond donors (Lipinski definition) is 2. The molecule has 5 nitrogen and oxygen atoms in total. The molecular weight excluding hydrogens is 388 g/mol. The van der Waals surface area contributed by atoms with Crippen LogP contribution in [0.25, 0.3) is 22.2 Å². The SMILES string of the molecule is NC(=O)c1cc(NC(=O)Cn2c(-c3ccccc3)cc3ccccc32)c(F)cc1F. The van der Waals surface area contributed by atoms with Crippen LogP contribution >= 0.6 is 0 Å². The number of nitrogens with zero attached hydrogens (tertiary/aromatic N) is 1. The Morgan fingerprint density at radius 3 is 2.33 bits per heavy atom. The van der Waals surface area contributed by atoms with Crippen LogP contribution in [0.2, 0.25) is 0 Å². The third-order valence-corrected chi connectivity index (χ3v) is 4.78. The molecule has 2 amide bonds. The van der Waals surface area contributed by atoms with Crippen molar-refractivity contribution in [3.63, 3.8) is 0 Å². The van der Waals surface area contributed by atoms with E-state index in [0.717, 1.165) is 28.2 Å². The highest BCUT2D eigenvalue weighted by Crippen LogP contribution is 2.28. The van der Waals surface area contributed by atoms with Gasteiger partial charge >= 0.3 is 0 Å². The second-order valence-electron chi connectivity index (χ2n) is 6.76. The number of para-hydroxylation sites is 1. The third kappa shape index (κ3) is 3.65. The van der Waals surface area contributed by atoms with Crippen molar-refractivity contribution in [1.29, 1.82) is 0 Å². The fourth-order valence-corrected chi connectivity index (χ4v) is 3.40. The number of hydrogen-bond acceptors (Lipinski definition) is 2. The predicted octanol–water partition coefficient (Wildman–Crippen LogP) is 4.32. The Morgan fingerprint density at radius 2 is 1.60 bits per heavy atom. The van der Waals surface area contributed by atoms with E-state index in [-0.39, 0.29) is 12.2 Å². The van der Waals surface area contributed by atoms with E-state index in [9.17, 15) is 18.4 Å². The molecular formula is C23H17F2N3O2. The van der Waals surface area contributed by atoms with Crippen LogP contribution in [0.4, 0.5) is 14.5 Å². The van der Waals surface area contributed by atoms with Gasteiger partial charge in [-0.1, -0.05) is 48.5 Å². The smallest absolute Gasteiger partial charge is 0.251 e. The van der Waals surface area contributed by atoms with Crippen molar-refractivity contribution in [2.45, 2.75) is 6.54 Å². The fraction of sp³-hybridized carbons (Fsp3) is 0.0435.